The van der Waals surface area contributed by atoms with E-state index in [9.17, 15) is 0 Å². The Morgan fingerprint density at radius 2 is 1.50 bits per heavy atom. The molecule has 0 aliphatic heterocycles. The minimum Gasteiger partial charge on any atom is -0.487 e. The molecule has 0 aliphatic rings. The van der Waals surface area contributed by atoms with Crippen molar-refractivity contribution >= 4 is 34.1 Å². The molecular formula is C23H33Cl2NO2. The van der Waals surface area contributed by atoms with Gasteiger partial charge < -0.3 is 9.84 Å². The normalized spacial score (nSPS) is 11.5. The number of aliphatic hydroxyl groups excluding tert-OH is 1. The number of aliphatic hydroxyl groups is 1. The summed E-state index contributed by atoms with van der Waals surface area (Å²) in [6.07, 6.45) is 11.8. The molecule has 0 radical (unpaired) electrons. The number of rotatable bonds is 13. The number of pyridine rings is 1. The zero-order valence-corrected chi connectivity index (χ0v) is 18.7. The third-order valence-corrected chi connectivity index (χ3v) is 5.43. The van der Waals surface area contributed by atoms with Crippen LogP contribution < -0.4 is 4.74 Å². The molecule has 1 aromatic heterocycles. The molecule has 0 aliphatic carbocycles. The Kier molecular flexibility index (Phi) is 10.4. The van der Waals surface area contributed by atoms with E-state index >= 15 is 0 Å². The Hall–Kier alpha value is -1.03. The minimum absolute atomic E-state index is 0.0240. The number of benzene rings is 1. The van der Waals surface area contributed by atoms with Crippen LogP contribution in [0.4, 0.5) is 0 Å². The smallest absolute Gasteiger partial charge is 0.164 e. The van der Waals surface area contributed by atoms with Crippen molar-refractivity contribution < 1.29 is 9.84 Å². The van der Waals surface area contributed by atoms with E-state index < -0.39 is 0 Å². The van der Waals surface area contributed by atoms with Crippen molar-refractivity contribution in [1.29, 1.82) is 0 Å². The van der Waals surface area contributed by atoms with E-state index in [0.29, 0.717) is 22.4 Å². The first-order valence-corrected chi connectivity index (χ1v) is 11.3. The Balaban J connectivity index is 1.85. The number of nitrogens with zero attached hydrogens (tertiary/aromatic N) is 1. The molecule has 0 spiro atoms. The molecule has 2 aromatic rings. The highest BCUT2D eigenvalue weighted by Gasteiger charge is 2.14. The number of fused-ring (bicyclic) bond motifs is 1. The van der Waals surface area contributed by atoms with Crippen molar-refractivity contribution in [3.8, 4) is 5.75 Å². The Morgan fingerprint density at radius 3 is 2.11 bits per heavy atom. The number of aromatic nitrogens is 1. The second-order valence-corrected chi connectivity index (χ2v) is 8.50. The van der Waals surface area contributed by atoms with Crippen LogP contribution in [0.15, 0.2) is 18.2 Å². The van der Waals surface area contributed by atoms with E-state index in [1.165, 1.54) is 38.5 Å². The molecule has 0 bridgehead atoms. The van der Waals surface area contributed by atoms with E-state index in [1.807, 2.05) is 19.9 Å². The van der Waals surface area contributed by atoms with Crippen molar-refractivity contribution in [2.24, 2.45) is 0 Å². The van der Waals surface area contributed by atoms with Crippen molar-refractivity contribution in [1.82, 2.24) is 4.98 Å². The predicted molar refractivity (Wildman–Crippen MR) is 120 cm³/mol. The van der Waals surface area contributed by atoms with Crippen molar-refractivity contribution in [3.05, 3.63) is 33.9 Å². The van der Waals surface area contributed by atoms with Gasteiger partial charge in [0.15, 0.2) is 5.75 Å². The molecule has 1 N–H and O–H groups in total. The molecule has 3 nitrogen and oxygen atoms in total. The Morgan fingerprint density at radius 1 is 0.893 bits per heavy atom. The summed E-state index contributed by atoms with van der Waals surface area (Å²) < 4.78 is 5.91. The first-order valence-electron chi connectivity index (χ1n) is 10.6. The van der Waals surface area contributed by atoms with Crippen LogP contribution in [0.25, 0.3) is 10.9 Å². The van der Waals surface area contributed by atoms with Gasteiger partial charge in [0.1, 0.15) is 5.52 Å². The standard InChI is InChI=1S/C23H33Cl2NO2/c1-17(2)28-23-21(25)16-20(24)19-14-13-18(26-22(19)23)12-10-8-6-4-3-5-7-9-11-15-27/h13-14,16-17,27H,3-12,15H2,1-2H3. The van der Waals surface area contributed by atoms with E-state index in [0.717, 1.165) is 42.3 Å². The molecule has 156 valence electrons. The second kappa shape index (κ2) is 12.5. The lowest BCUT2D eigenvalue weighted by Crippen LogP contribution is -2.07. The van der Waals surface area contributed by atoms with Crippen LogP contribution in [-0.4, -0.2) is 22.8 Å². The van der Waals surface area contributed by atoms with Gasteiger partial charge in [-0.05, 0) is 51.3 Å². The summed E-state index contributed by atoms with van der Waals surface area (Å²) in [6, 6.07) is 5.81. The molecule has 0 saturated carbocycles. The predicted octanol–water partition coefficient (Wildman–Crippen LogP) is 7.37. The van der Waals surface area contributed by atoms with Gasteiger partial charge in [-0.1, -0.05) is 68.1 Å². The van der Waals surface area contributed by atoms with Crippen LogP contribution >= 0.6 is 23.2 Å². The zero-order chi connectivity index (χ0) is 20.4. The molecule has 5 heteroatoms. The first-order chi connectivity index (χ1) is 13.5. The van der Waals surface area contributed by atoms with Crippen molar-refractivity contribution in [2.45, 2.75) is 84.2 Å². The fourth-order valence-corrected chi connectivity index (χ4v) is 3.94. The third kappa shape index (κ3) is 7.42. The van der Waals surface area contributed by atoms with Gasteiger partial charge in [0.2, 0.25) is 0 Å². The highest BCUT2D eigenvalue weighted by Crippen LogP contribution is 2.38. The van der Waals surface area contributed by atoms with Gasteiger partial charge in [-0.25, -0.2) is 4.98 Å². The first kappa shape index (κ1) is 23.3. The maximum absolute atomic E-state index is 8.77. The molecule has 0 amide bonds. The number of hydrogen-bond donors (Lipinski definition) is 1. The molecule has 2 rings (SSSR count). The molecule has 0 fully saturated rings. The van der Waals surface area contributed by atoms with Crippen molar-refractivity contribution in [2.75, 3.05) is 6.61 Å². The van der Waals surface area contributed by atoms with Crippen LogP contribution in [0.1, 0.15) is 77.3 Å². The van der Waals surface area contributed by atoms with E-state index in [-0.39, 0.29) is 6.10 Å². The van der Waals surface area contributed by atoms with Gasteiger partial charge in [-0.2, -0.15) is 0 Å². The second-order valence-electron chi connectivity index (χ2n) is 7.69. The SMILES string of the molecule is CC(C)Oc1c(Cl)cc(Cl)c2ccc(CCCCCCCCCCCO)nc12. The highest BCUT2D eigenvalue weighted by atomic mass is 35.5. The largest absolute Gasteiger partial charge is 0.487 e. The minimum atomic E-state index is 0.0240. The summed E-state index contributed by atoms with van der Waals surface area (Å²) in [5.74, 6) is 0.624. The maximum atomic E-state index is 8.77. The lowest BCUT2D eigenvalue weighted by molar-refractivity contribution is 0.245. The van der Waals surface area contributed by atoms with E-state index in [4.69, 9.17) is 38.0 Å². The molecular weight excluding hydrogens is 393 g/mol. The Labute approximate surface area is 179 Å². The van der Waals surface area contributed by atoms with Crippen molar-refractivity contribution in [3.63, 3.8) is 0 Å². The van der Waals surface area contributed by atoms with Gasteiger partial charge in [0.25, 0.3) is 0 Å². The van der Waals surface area contributed by atoms with Gasteiger partial charge in [-0.3, -0.25) is 0 Å². The maximum Gasteiger partial charge on any atom is 0.164 e. The number of halogens is 2. The number of unbranched alkanes of at least 4 members (excludes halogenated alkanes) is 8. The third-order valence-electron chi connectivity index (χ3n) is 4.84. The van der Waals surface area contributed by atoms with Crippen LogP contribution in [0, 0.1) is 0 Å². The lowest BCUT2D eigenvalue weighted by atomic mass is 10.1. The molecule has 0 saturated heterocycles. The van der Waals surface area contributed by atoms with Crippen LogP contribution in [0.3, 0.4) is 0 Å². The summed E-state index contributed by atoms with van der Waals surface area (Å²) >= 11 is 12.7. The molecule has 1 heterocycles. The summed E-state index contributed by atoms with van der Waals surface area (Å²) in [4.78, 5) is 4.81. The van der Waals surface area contributed by atoms with E-state index in [1.54, 1.807) is 6.07 Å². The topological polar surface area (TPSA) is 42.4 Å². The van der Waals surface area contributed by atoms with Crippen LogP contribution in [0.5, 0.6) is 5.75 Å². The summed E-state index contributed by atoms with van der Waals surface area (Å²) in [5.41, 5.74) is 1.81. The summed E-state index contributed by atoms with van der Waals surface area (Å²) in [6.45, 7) is 4.28. The zero-order valence-electron chi connectivity index (χ0n) is 17.1. The van der Waals surface area contributed by atoms with Gasteiger partial charge in [0.05, 0.1) is 16.1 Å². The molecule has 0 atom stereocenters. The lowest BCUT2D eigenvalue weighted by Gasteiger charge is -2.15. The van der Waals surface area contributed by atoms with Gasteiger partial charge >= 0.3 is 0 Å². The molecule has 0 unspecified atom stereocenters. The fourth-order valence-electron chi connectivity index (χ4n) is 3.38. The van der Waals surface area contributed by atoms with Gasteiger partial charge in [-0.15, -0.1) is 0 Å². The fraction of sp³-hybridized carbons (Fsp3) is 0.609. The van der Waals surface area contributed by atoms with Crippen LogP contribution in [0.2, 0.25) is 10.0 Å². The quantitative estimate of drug-likeness (QED) is 0.340. The molecule has 28 heavy (non-hydrogen) atoms. The average Bonchev–Trinajstić information content (AvgIpc) is 2.66. The monoisotopic (exact) mass is 425 g/mol. The Bertz CT molecular complexity index is 734. The number of hydrogen-bond acceptors (Lipinski definition) is 3. The highest BCUT2D eigenvalue weighted by molar-refractivity contribution is 6.39. The summed E-state index contributed by atoms with van der Waals surface area (Å²) in [5, 5.41) is 10.8. The van der Waals surface area contributed by atoms with Crippen LogP contribution in [-0.2, 0) is 6.42 Å². The van der Waals surface area contributed by atoms with Gasteiger partial charge in [0, 0.05) is 17.7 Å². The summed E-state index contributed by atoms with van der Waals surface area (Å²) in [7, 11) is 0. The molecule has 1 aromatic carbocycles. The number of aryl methyl sites for hydroxylation is 1. The average molecular weight is 426 g/mol. The van der Waals surface area contributed by atoms with E-state index in [2.05, 4.69) is 6.07 Å². The number of ether oxygens (including phenoxy) is 1.